The minimum Gasteiger partial charge on any atom is -0.476 e. The normalized spacial score (nSPS) is 10.4. The van der Waals surface area contributed by atoms with Gasteiger partial charge in [-0.1, -0.05) is 0 Å². The van der Waals surface area contributed by atoms with Gasteiger partial charge in [0.25, 0.3) is 0 Å². The maximum absolute atomic E-state index is 10.8. The first-order chi connectivity index (χ1) is 7.61. The van der Waals surface area contributed by atoms with E-state index in [-0.39, 0.29) is 17.6 Å². The molecule has 1 aromatic heterocycles. The van der Waals surface area contributed by atoms with Crippen molar-refractivity contribution in [3.8, 4) is 0 Å². The molecule has 1 heterocycles. The summed E-state index contributed by atoms with van der Waals surface area (Å²) in [5, 5.41) is 11.7. The van der Waals surface area contributed by atoms with Gasteiger partial charge in [-0.3, -0.25) is 0 Å². The summed E-state index contributed by atoms with van der Waals surface area (Å²) in [5.41, 5.74) is -0.0768. The molecule has 1 aromatic rings. The molecule has 0 radical (unpaired) electrons. The van der Waals surface area contributed by atoms with Crippen LogP contribution in [0.4, 0.5) is 5.82 Å². The van der Waals surface area contributed by atoms with E-state index in [0.29, 0.717) is 13.2 Å². The van der Waals surface area contributed by atoms with Gasteiger partial charge in [0.1, 0.15) is 0 Å². The maximum atomic E-state index is 10.8. The lowest BCUT2D eigenvalue weighted by molar-refractivity contribution is 0.0690. The van der Waals surface area contributed by atoms with E-state index in [1.807, 2.05) is 13.8 Å². The van der Waals surface area contributed by atoms with Crippen molar-refractivity contribution in [2.75, 3.05) is 18.5 Å². The van der Waals surface area contributed by atoms with Gasteiger partial charge in [0, 0.05) is 18.9 Å². The SMILES string of the molecule is CC(C)OCCNc1nccnc1C(=O)O. The van der Waals surface area contributed by atoms with Crippen molar-refractivity contribution in [3.05, 3.63) is 18.1 Å². The van der Waals surface area contributed by atoms with Crippen molar-refractivity contribution in [1.82, 2.24) is 9.97 Å². The summed E-state index contributed by atoms with van der Waals surface area (Å²) >= 11 is 0. The molecule has 0 aromatic carbocycles. The predicted molar refractivity (Wildman–Crippen MR) is 58.6 cm³/mol. The molecule has 1 rings (SSSR count). The standard InChI is InChI=1S/C10H15N3O3/c1-7(2)16-6-5-13-9-8(10(14)15)11-3-4-12-9/h3-4,7H,5-6H2,1-2H3,(H,12,13)(H,14,15). The Morgan fingerprint density at radius 1 is 1.50 bits per heavy atom. The van der Waals surface area contributed by atoms with Crippen molar-refractivity contribution in [2.45, 2.75) is 20.0 Å². The summed E-state index contributed by atoms with van der Waals surface area (Å²) in [6, 6.07) is 0. The minimum absolute atomic E-state index is 0.0768. The zero-order chi connectivity index (χ0) is 12.0. The number of hydrogen-bond donors (Lipinski definition) is 2. The number of ether oxygens (including phenoxy) is 1. The summed E-state index contributed by atoms with van der Waals surface area (Å²) in [4.78, 5) is 18.4. The van der Waals surface area contributed by atoms with E-state index in [1.54, 1.807) is 0 Å². The van der Waals surface area contributed by atoms with Gasteiger partial charge in [0.2, 0.25) is 0 Å². The average Bonchev–Trinajstić information content (AvgIpc) is 2.24. The van der Waals surface area contributed by atoms with Crippen molar-refractivity contribution < 1.29 is 14.6 Å². The molecular weight excluding hydrogens is 210 g/mol. The van der Waals surface area contributed by atoms with Gasteiger partial charge < -0.3 is 15.2 Å². The monoisotopic (exact) mass is 225 g/mol. The van der Waals surface area contributed by atoms with Crippen molar-refractivity contribution >= 4 is 11.8 Å². The van der Waals surface area contributed by atoms with Crippen LogP contribution in [0.3, 0.4) is 0 Å². The highest BCUT2D eigenvalue weighted by Crippen LogP contribution is 2.07. The van der Waals surface area contributed by atoms with Gasteiger partial charge >= 0.3 is 5.97 Å². The Hall–Kier alpha value is -1.69. The number of hydrogen-bond acceptors (Lipinski definition) is 5. The number of anilines is 1. The van der Waals surface area contributed by atoms with E-state index >= 15 is 0 Å². The highest BCUT2D eigenvalue weighted by molar-refractivity contribution is 5.90. The lowest BCUT2D eigenvalue weighted by atomic mass is 10.4. The fourth-order valence-electron chi connectivity index (χ4n) is 1.09. The summed E-state index contributed by atoms with van der Waals surface area (Å²) in [6.07, 6.45) is 2.94. The third kappa shape index (κ3) is 3.82. The van der Waals surface area contributed by atoms with Crippen LogP contribution in [0.5, 0.6) is 0 Å². The number of nitrogens with zero attached hydrogens (tertiary/aromatic N) is 2. The fourth-order valence-corrected chi connectivity index (χ4v) is 1.09. The highest BCUT2D eigenvalue weighted by Gasteiger charge is 2.11. The molecule has 88 valence electrons. The van der Waals surface area contributed by atoms with Gasteiger partial charge in [-0.05, 0) is 13.8 Å². The smallest absolute Gasteiger partial charge is 0.358 e. The number of aromatic carboxylic acids is 1. The van der Waals surface area contributed by atoms with Gasteiger partial charge in [0.15, 0.2) is 11.5 Å². The number of carboxylic acid groups (broad SMARTS) is 1. The third-order valence-corrected chi connectivity index (χ3v) is 1.75. The number of carbonyl (C=O) groups is 1. The molecule has 0 aliphatic heterocycles. The molecule has 0 unspecified atom stereocenters. The molecule has 0 atom stereocenters. The van der Waals surface area contributed by atoms with E-state index in [0.717, 1.165) is 0 Å². The molecule has 0 spiro atoms. The van der Waals surface area contributed by atoms with Crippen LogP contribution in [0.15, 0.2) is 12.4 Å². The molecule has 6 heteroatoms. The molecule has 0 fully saturated rings. The van der Waals surface area contributed by atoms with Crippen LogP contribution in [0.1, 0.15) is 24.3 Å². The molecule has 0 amide bonds. The second-order valence-electron chi connectivity index (χ2n) is 3.41. The van der Waals surface area contributed by atoms with Crippen LogP contribution < -0.4 is 5.32 Å². The van der Waals surface area contributed by atoms with Crippen molar-refractivity contribution in [2.24, 2.45) is 0 Å². The van der Waals surface area contributed by atoms with Crippen LogP contribution in [0.25, 0.3) is 0 Å². The highest BCUT2D eigenvalue weighted by atomic mass is 16.5. The van der Waals surface area contributed by atoms with Crippen LogP contribution in [-0.4, -0.2) is 40.3 Å². The van der Waals surface area contributed by atoms with Crippen LogP contribution in [0, 0.1) is 0 Å². The predicted octanol–water partition coefficient (Wildman–Crippen LogP) is 1.01. The quantitative estimate of drug-likeness (QED) is 0.703. The summed E-state index contributed by atoms with van der Waals surface area (Å²) < 4.78 is 5.31. The molecule has 0 saturated heterocycles. The van der Waals surface area contributed by atoms with Gasteiger partial charge in [0.05, 0.1) is 12.7 Å². The molecule has 6 nitrogen and oxygen atoms in total. The Morgan fingerprint density at radius 2 is 2.19 bits per heavy atom. The van der Waals surface area contributed by atoms with Crippen LogP contribution in [0.2, 0.25) is 0 Å². The third-order valence-electron chi connectivity index (χ3n) is 1.75. The van der Waals surface area contributed by atoms with Crippen LogP contribution >= 0.6 is 0 Å². The summed E-state index contributed by atoms with van der Waals surface area (Å²) in [5.74, 6) is -0.831. The first-order valence-electron chi connectivity index (χ1n) is 5.01. The minimum atomic E-state index is -1.10. The number of carboxylic acids is 1. The molecule has 0 bridgehead atoms. The zero-order valence-electron chi connectivity index (χ0n) is 9.30. The Bertz CT molecular complexity index is 355. The molecule has 0 aliphatic rings. The van der Waals surface area contributed by atoms with E-state index < -0.39 is 5.97 Å². The Labute approximate surface area is 93.7 Å². The largest absolute Gasteiger partial charge is 0.476 e. The second-order valence-corrected chi connectivity index (χ2v) is 3.41. The van der Waals surface area contributed by atoms with E-state index in [1.165, 1.54) is 12.4 Å². The van der Waals surface area contributed by atoms with Gasteiger partial charge in [-0.15, -0.1) is 0 Å². The lowest BCUT2D eigenvalue weighted by Gasteiger charge is -2.09. The zero-order valence-corrected chi connectivity index (χ0v) is 9.30. The Morgan fingerprint density at radius 3 is 2.81 bits per heavy atom. The number of aromatic nitrogens is 2. The topological polar surface area (TPSA) is 84.3 Å². The van der Waals surface area contributed by atoms with Crippen LogP contribution in [-0.2, 0) is 4.74 Å². The molecule has 0 aliphatic carbocycles. The first-order valence-corrected chi connectivity index (χ1v) is 5.01. The molecule has 0 saturated carbocycles. The van der Waals surface area contributed by atoms with Gasteiger partial charge in [-0.25, -0.2) is 14.8 Å². The van der Waals surface area contributed by atoms with Crippen molar-refractivity contribution in [3.63, 3.8) is 0 Å². The van der Waals surface area contributed by atoms with E-state index in [2.05, 4.69) is 15.3 Å². The summed E-state index contributed by atoms with van der Waals surface area (Å²) in [6.45, 7) is 4.86. The average molecular weight is 225 g/mol. The molecule has 16 heavy (non-hydrogen) atoms. The lowest BCUT2D eigenvalue weighted by Crippen LogP contribution is -2.16. The second kappa shape index (κ2) is 6.02. The molecule has 2 N–H and O–H groups in total. The maximum Gasteiger partial charge on any atom is 0.358 e. The van der Waals surface area contributed by atoms with E-state index in [4.69, 9.17) is 9.84 Å². The Balaban J connectivity index is 2.50. The summed E-state index contributed by atoms with van der Waals surface area (Å²) in [7, 11) is 0. The number of nitrogens with one attached hydrogen (secondary N) is 1. The number of rotatable bonds is 6. The molecular formula is C10H15N3O3. The van der Waals surface area contributed by atoms with Gasteiger partial charge in [-0.2, -0.15) is 0 Å². The van der Waals surface area contributed by atoms with Crippen molar-refractivity contribution in [1.29, 1.82) is 0 Å². The first kappa shape index (κ1) is 12.4. The van der Waals surface area contributed by atoms with E-state index in [9.17, 15) is 4.79 Å². The Kier molecular flexibility index (Phi) is 4.65. The fraction of sp³-hybridized carbons (Fsp3) is 0.500.